The number of hydrogen-bond donors (Lipinski definition) is 1. The van der Waals surface area contributed by atoms with Crippen molar-refractivity contribution in [3.8, 4) is 0 Å². The molecule has 90 valence electrons. The maximum Gasteiger partial charge on any atom is 0.196 e. The van der Waals surface area contributed by atoms with E-state index in [4.69, 9.17) is 17.3 Å². The molecule has 1 atom stereocenters. The van der Waals surface area contributed by atoms with Crippen LogP contribution in [0.2, 0.25) is 5.02 Å². The predicted molar refractivity (Wildman–Crippen MR) is 71.5 cm³/mol. The third-order valence-electron chi connectivity index (χ3n) is 3.80. The smallest absolute Gasteiger partial charge is 0.196 e. The number of anilines is 1. The number of benzene rings is 1. The first-order valence-corrected chi connectivity index (χ1v) is 6.48. The largest absolute Gasteiger partial charge is 0.370 e. The maximum atomic E-state index is 6.04. The number of guanidine groups is 1. The molecule has 2 N–H and O–H groups in total. The average molecular weight is 250 g/mol. The first-order valence-electron chi connectivity index (χ1n) is 6.10. The van der Waals surface area contributed by atoms with Crippen molar-refractivity contribution in [1.29, 1.82) is 0 Å². The molecule has 1 aliphatic carbocycles. The lowest BCUT2D eigenvalue weighted by Crippen LogP contribution is -2.46. The molecular formula is C13H16ClN3. The monoisotopic (exact) mass is 249 g/mol. The van der Waals surface area contributed by atoms with Gasteiger partial charge in [0.2, 0.25) is 0 Å². The summed E-state index contributed by atoms with van der Waals surface area (Å²) in [4.78, 5) is 6.53. The zero-order valence-corrected chi connectivity index (χ0v) is 10.4. The summed E-state index contributed by atoms with van der Waals surface area (Å²) >= 11 is 6.04. The van der Waals surface area contributed by atoms with Crippen molar-refractivity contribution in [3.05, 3.63) is 29.3 Å². The highest BCUT2D eigenvalue weighted by atomic mass is 35.5. The van der Waals surface area contributed by atoms with Crippen LogP contribution in [-0.2, 0) is 0 Å². The molecule has 4 heteroatoms. The molecule has 3 nitrogen and oxygen atoms in total. The predicted octanol–water partition coefficient (Wildman–Crippen LogP) is 2.64. The van der Waals surface area contributed by atoms with E-state index in [9.17, 15) is 0 Å². The first kappa shape index (κ1) is 10.9. The molecule has 1 aromatic rings. The summed E-state index contributed by atoms with van der Waals surface area (Å²) in [6.07, 6.45) is 3.93. The van der Waals surface area contributed by atoms with E-state index in [1.165, 1.54) is 19.3 Å². The molecule has 0 radical (unpaired) electrons. The Morgan fingerprint density at radius 1 is 1.35 bits per heavy atom. The Kier molecular flexibility index (Phi) is 2.71. The van der Waals surface area contributed by atoms with E-state index in [0.717, 1.165) is 23.2 Å². The number of aliphatic imine (C=N–C) groups is 1. The van der Waals surface area contributed by atoms with Crippen molar-refractivity contribution in [2.45, 2.75) is 25.3 Å². The molecule has 1 unspecified atom stereocenters. The summed E-state index contributed by atoms with van der Waals surface area (Å²) in [7, 11) is 0. The minimum Gasteiger partial charge on any atom is -0.370 e. The summed E-state index contributed by atoms with van der Waals surface area (Å²) in [5.41, 5.74) is 7.06. The van der Waals surface area contributed by atoms with Crippen molar-refractivity contribution >= 4 is 23.2 Å². The molecule has 0 amide bonds. The van der Waals surface area contributed by atoms with Crippen molar-refractivity contribution in [2.75, 3.05) is 11.4 Å². The van der Waals surface area contributed by atoms with Gasteiger partial charge in [0.05, 0.1) is 12.6 Å². The fourth-order valence-electron chi connectivity index (χ4n) is 2.65. The average Bonchev–Trinajstić information content (AvgIpc) is 2.58. The third-order valence-corrected chi connectivity index (χ3v) is 4.03. The van der Waals surface area contributed by atoms with Crippen LogP contribution in [0.4, 0.5) is 5.69 Å². The van der Waals surface area contributed by atoms with E-state index >= 15 is 0 Å². The van der Waals surface area contributed by atoms with Crippen molar-refractivity contribution in [3.63, 3.8) is 0 Å². The van der Waals surface area contributed by atoms with E-state index in [1.54, 1.807) is 0 Å². The molecule has 1 heterocycles. The van der Waals surface area contributed by atoms with Crippen LogP contribution in [0.15, 0.2) is 29.3 Å². The van der Waals surface area contributed by atoms with Gasteiger partial charge in [-0.3, -0.25) is 4.99 Å². The highest BCUT2D eigenvalue weighted by Gasteiger charge is 2.36. The summed E-state index contributed by atoms with van der Waals surface area (Å²) in [5, 5.41) is 0.745. The van der Waals surface area contributed by atoms with Crippen LogP contribution in [0.3, 0.4) is 0 Å². The Balaban J connectivity index is 1.90. The number of halogens is 1. The molecular weight excluding hydrogens is 234 g/mol. The molecule has 2 aliphatic rings. The Morgan fingerprint density at radius 3 is 2.82 bits per heavy atom. The normalized spacial score (nSPS) is 24.6. The first-order chi connectivity index (χ1) is 8.25. The molecule has 1 saturated carbocycles. The Hall–Kier alpha value is -1.22. The quantitative estimate of drug-likeness (QED) is 0.876. The highest BCUT2D eigenvalue weighted by Crippen LogP contribution is 2.36. The van der Waals surface area contributed by atoms with Crippen LogP contribution in [0.1, 0.15) is 19.3 Å². The molecule has 0 aromatic heterocycles. The molecule has 1 aromatic carbocycles. The molecule has 0 bridgehead atoms. The Morgan fingerprint density at radius 2 is 2.18 bits per heavy atom. The van der Waals surface area contributed by atoms with E-state index in [-0.39, 0.29) is 0 Å². The van der Waals surface area contributed by atoms with Gasteiger partial charge in [0.15, 0.2) is 5.96 Å². The van der Waals surface area contributed by atoms with Gasteiger partial charge in [-0.1, -0.05) is 24.1 Å². The molecule has 1 fully saturated rings. The van der Waals surface area contributed by atoms with Crippen molar-refractivity contribution in [1.82, 2.24) is 0 Å². The van der Waals surface area contributed by atoms with E-state index in [2.05, 4.69) is 9.89 Å². The Bertz CT molecular complexity index is 454. The van der Waals surface area contributed by atoms with E-state index in [0.29, 0.717) is 12.0 Å². The number of rotatable bonds is 2. The van der Waals surface area contributed by atoms with Crippen molar-refractivity contribution < 1.29 is 0 Å². The van der Waals surface area contributed by atoms with Gasteiger partial charge >= 0.3 is 0 Å². The zero-order valence-electron chi connectivity index (χ0n) is 9.64. The fraction of sp³-hybridized carbons (Fsp3) is 0.462. The lowest BCUT2D eigenvalue weighted by molar-refractivity contribution is 0.271. The maximum absolute atomic E-state index is 6.04. The highest BCUT2D eigenvalue weighted by molar-refractivity contribution is 6.30. The van der Waals surface area contributed by atoms with Crippen LogP contribution >= 0.6 is 11.6 Å². The number of nitrogens with zero attached hydrogens (tertiary/aromatic N) is 2. The summed E-state index contributed by atoms with van der Waals surface area (Å²) in [5.74, 6) is 1.36. The van der Waals surface area contributed by atoms with Crippen LogP contribution in [0.25, 0.3) is 0 Å². The van der Waals surface area contributed by atoms with Gasteiger partial charge in [-0.05, 0) is 37.0 Å². The topological polar surface area (TPSA) is 41.6 Å². The van der Waals surface area contributed by atoms with Gasteiger partial charge in [0, 0.05) is 10.7 Å². The summed E-state index contributed by atoms with van der Waals surface area (Å²) in [6.45, 7) is 0.822. The second-order valence-electron chi connectivity index (χ2n) is 4.81. The molecule has 3 rings (SSSR count). The lowest BCUT2D eigenvalue weighted by atomic mass is 9.79. The van der Waals surface area contributed by atoms with Crippen LogP contribution < -0.4 is 10.6 Å². The van der Waals surface area contributed by atoms with E-state index < -0.39 is 0 Å². The van der Waals surface area contributed by atoms with Gasteiger partial charge in [0.25, 0.3) is 0 Å². The zero-order chi connectivity index (χ0) is 11.8. The van der Waals surface area contributed by atoms with Crippen molar-refractivity contribution in [2.24, 2.45) is 16.6 Å². The van der Waals surface area contributed by atoms with Gasteiger partial charge in [0.1, 0.15) is 0 Å². The lowest BCUT2D eigenvalue weighted by Gasteiger charge is -2.37. The standard InChI is InChI=1S/C13H16ClN3/c14-10-5-2-6-11(7-10)17-12(8-16-13(17)15)9-3-1-4-9/h2,5-7,9,12H,1,3-4,8H2,(H2,15,16). The SMILES string of the molecule is NC1=NCC(C2CCC2)N1c1cccc(Cl)c1. The summed E-state index contributed by atoms with van der Waals surface area (Å²) in [6, 6.07) is 8.28. The van der Waals surface area contributed by atoms with Crippen LogP contribution in [0, 0.1) is 5.92 Å². The van der Waals surface area contributed by atoms with Gasteiger partial charge in [-0.25, -0.2) is 0 Å². The molecule has 17 heavy (non-hydrogen) atoms. The number of hydrogen-bond acceptors (Lipinski definition) is 3. The van der Waals surface area contributed by atoms with E-state index in [1.807, 2.05) is 24.3 Å². The fourth-order valence-corrected chi connectivity index (χ4v) is 2.83. The second kappa shape index (κ2) is 4.22. The summed E-state index contributed by atoms with van der Waals surface area (Å²) < 4.78 is 0. The minimum atomic E-state index is 0.433. The van der Waals surface area contributed by atoms with Gasteiger partial charge < -0.3 is 10.6 Å². The molecule has 0 saturated heterocycles. The van der Waals surface area contributed by atoms with Crippen LogP contribution in [0.5, 0.6) is 0 Å². The third kappa shape index (κ3) is 1.89. The van der Waals surface area contributed by atoms with Gasteiger partial charge in [-0.2, -0.15) is 0 Å². The minimum absolute atomic E-state index is 0.433. The second-order valence-corrected chi connectivity index (χ2v) is 5.24. The Labute approximate surface area is 106 Å². The van der Waals surface area contributed by atoms with Crippen LogP contribution in [-0.4, -0.2) is 18.5 Å². The molecule has 1 aliphatic heterocycles. The molecule has 0 spiro atoms. The van der Waals surface area contributed by atoms with Gasteiger partial charge in [-0.15, -0.1) is 0 Å². The number of nitrogens with two attached hydrogens (primary N) is 1.